The van der Waals surface area contributed by atoms with E-state index >= 15 is 0 Å². The van der Waals surface area contributed by atoms with Crippen LogP contribution in [0.5, 0.6) is 0 Å². The van der Waals surface area contributed by atoms with E-state index in [9.17, 15) is 9.18 Å². The topological polar surface area (TPSA) is 59.8 Å². The molecule has 0 radical (unpaired) electrons. The number of carbonyl (C=O) groups is 1. The molecule has 0 aliphatic carbocycles. The molecule has 3 rings (SSSR count). The zero-order chi connectivity index (χ0) is 17.8. The lowest BCUT2D eigenvalue weighted by atomic mass is 10.0. The number of halogens is 1. The summed E-state index contributed by atoms with van der Waals surface area (Å²) in [5, 5.41) is 7.09. The number of aryl methyl sites for hydroxylation is 1. The predicted molar refractivity (Wildman–Crippen MR) is 93.2 cm³/mol. The highest BCUT2D eigenvalue weighted by Crippen LogP contribution is 2.14. The third kappa shape index (κ3) is 3.91. The van der Waals surface area contributed by atoms with Gasteiger partial charge in [-0.1, -0.05) is 37.3 Å². The SMILES string of the molecule is Cc1nc(C(=O)NC[C@H](C)c2ccccc2)nn1-c1ccc(F)cc1. The van der Waals surface area contributed by atoms with E-state index in [1.54, 1.807) is 19.1 Å². The molecule has 1 N–H and O–H groups in total. The number of aromatic nitrogens is 3. The molecule has 0 bridgehead atoms. The molecule has 3 aromatic rings. The van der Waals surface area contributed by atoms with Crippen LogP contribution < -0.4 is 5.32 Å². The molecule has 0 saturated carbocycles. The largest absolute Gasteiger partial charge is 0.349 e. The number of amides is 1. The van der Waals surface area contributed by atoms with E-state index in [0.717, 1.165) is 5.56 Å². The van der Waals surface area contributed by atoms with Gasteiger partial charge in [0.2, 0.25) is 5.82 Å². The molecule has 5 nitrogen and oxygen atoms in total. The van der Waals surface area contributed by atoms with Gasteiger partial charge in [-0.05, 0) is 42.7 Å². The van der Waals surface area contributed by atoms with Crippen molar-refractivity contribution >= 4 is 5.91 Å². The normalized spacial score (nSPS) is 12.0. The fourth-order valence-corrected chi connectivity index (χ4v) is 2.54. The summed E-state index contributed by atoms with van der Waals surface area (Å²) in [4.78, 5) is 16.5. The highest BCUT2D eigenvalue weighted by atomic mass is 19.1. The Balaban J connectivity index is 1.69. The van der Waals surface area contributed by atoms with Crippen LogP contribution in [0.15, 0.2) is 54.6 Å². The summed E-state index contributed by atoms with van der Waals surface area (Å²) in [7, 11) is 0. The van der Waals surface area contributed by atoms with Crippen LogP contribution in [0.25, 0.3) is 5.69 Å². The molecule has 2 aromatic carbocycles. The van der Waals surface area contributed by atoms with Crippen LogP contribution >= 0.6 is 0 Å². The highest BCUT2D eigenvalue weighted by Gasteiger charge is 2.16. The first-order chi connectivity index (χ1) is 12.0. The van der Waals surface area contributed by atoms with Gasteiger partial charge in [-0.3, -0.25) is 4.79 Å². The lowest BCUT2D eigenvalue weighted by molar-refractivity contribution is 0.0941. The van der Waals surface area contributed by atoms with E-state index in [-0.39, 0.29) is 23.5 Å². The Morgan fingerprint density at radius 2 is 1.84 bits per heavy atom. The van der Waals surface area contributed by atoms with Crippen LogP contribution in [-0.2, 0) is 0 Å². The van der Waals surface area contributed by atoms with Crippen LogP contribution in [0.2, 0.25) is 0 Å². The lowest BCUT2D eigenvalue weighted by Gasteiger charge is -2.11. The average Bonchev–Trinajstić information content (AvgIpc) is 3.02. The van der Waals surface area contributed by atoms with E-state index in [0.29, 0.717) is 18.1 Å². The number of carbonyl (C=O) groups excluding carboxylic acids is 1. The van der Waals surface area contributed by atoms with Crippen LogP contribution in [-0.4, -0.2) is 27.2 Å². The van der Waals surface area contributed by atoms with E-state index < -0.39 is 0 Å². The molecule has 1 aromatic heterocycles. The zero-order valence-corrected chi connectivity index (χ0v) is 14.1. The maximum atomic E-state index is 13.0. The van der Waals surface area contributed by atoms with Crippen molar-refractivity contribution in [3.8, 4) is 5.69 Å². The first-order valence-electron chi connectivity index (χ1n) is 8.07. The summed E-state index contributed by atoms with van der Waals surface area (Å²) in [6, 6.07) is 15.8. The molecule has 1 atom stereocenters. The standard InChI is InChI=1S/C19H19FN4O/c1-13(15-6-4-3-5-7-15)12-21-19(25)18-22-14(2)24(23-18)17-10-8-16(20)9-11-17/h3-11,13H,12H2,1-2H3,(H,21,25)/t13-/m0/s1. The summed E-state index contributed by atoms with van der Waals surface area (Å²) in [6.45, 7) is 4.29. The van der Waals surface area contributed by atoms with Crippen molar-refractivity contribution in [2.45, 2.75) is 19.8 Å². The summed E-state index contributed by atoms with van der Waals surface area (Å²) in [5.41, 5.74) is 1.81. The lowest BCUT2D eigenvalue weighted by Crippen LogP contribution is -2.28. The van der Waals surface area contributed by atoms with Crippen molar-refractivity contribution in [3.05, 3.63) is 77.6 Å². The molecule has 0 saturated heterocycles. The number of nitrogens with one attached hydrogen (secondary N) is 1. The zero-order valence-electron chi connectivity index (χ0n) is 14.1. The Bertz CT molecular complexity index is 859. The molecule has 1 heterocycles. The van der Waals surface area contributed by atoms with E-state index in [1.165, 1.54) is 16.8 Å². The monoisotopic (exact) mass is 338 g/mol. The molecule has 0 unspecified atom stereocenters. The van der Waals surface area contributed by atoms with E-state index in [1.807, 2.05) is 37.3 Å². The third-order valence-corrected chi connectivity index (χ3v) is 3.98. The van der Waals surface area contributed by atoms with Crippen molar-refractivity contribution in [2.75, 3.05) is 6.54 Å². The molecule has 1 amide bonds. The quantitative estimate of drug-likeness (QED) is 0.777. The Labute approximate surface area is 145 Å². The Kier molecular flexibility index (Phi) is 4.88. The summed E-state index contributed by atoms with van der Waals surface area (Å²) in [5.74, 6) is 0.196. The van der Waals surface area contributed by atoms with E-state index in [4.69, 9.17) is 0 Å². The number of benzene rings is 2. The summed E-state index contributed by atoms with van der Waals surface area (Å²) >= 11 is 0. The van der Waals surface area contributed by atoms with Gasteiger partial charge >= 0.3 is 0 Å². The van der Waals surface area contributed by atoms with Crippen molar-refractivity contribution in [1.82, 2.24) is 20.1 Å². The maximum Gasteiger partial charge on any atom is 0.291 e. The molecule has 0 spiro atoms. The molecule has 128 valence electrons. The molecular formula is C19H19FN4O. The van der Waals surface area contributed by atoms with Crippen molar-refractivity contribution in [3.63, 3.8) is 0 Å². The summed E-state index contributed by atoms with van der Waals surface area (Å²) in [6.07, 6.45) is 0. The molecule has 0 fully saturated rings. The van der Waals surface area contributed by atoms with Crippen LogP contribution in [0.4, 0.5) is 4.39 Å². The van der Waals surface area contributed by atoms with Gasteiger partial charge in [0.05, 0.1) is 5.69 Å². The van der Waals surface area contributed by atoms with Crippen LogP contribution in [0, 0.1) is 12.7 Å². The molecule has 6 heteroatoms. The fourth-order valence-electron chi connectivity index (χ4n) is 2.54. The Hall–Kier alpha value is -3.02. The number of hydrogen-bond donors (Lipinski definition) is 1. The molecule has 0 aliphatic rings. The van der Waals surface area contributed by atoms with Crippen LogP contribution in [0.1, 0.15) is 34.8 Å². The Morgan fingerprint density at radius 1 is 1.16 bits per heavy atom. The average molecular weight is 338 g/mol. The minimum atomic E-state index is -0.327. The third-order valence-electron chi connectivity index (χ3n) is 3.98. The van der Waals surface area contributed by atoms with Gasteiger partial charge in [0.25, 0.3) is 5.91 Å². The van der Waals surface area contributed by atoms with Gasteiger partial charge in [-0.25, -0.2) is 14.1 Å². The minimum absolute atomic E-state index is 0.0992. The first-order valence-corrected chi connectivity index (χ1v) is 8.07. The van der Waals surface area contributed by atoms with Gasteiger partial charge in [0, 0.05) is 6.54 Å². The number of rotatable bonds is 5. The smallest absolute Gasteiger partial charge is 0.291 e. The minimum Gasteiger partial charge on any atom is -0.349 e. The molecular weight excluding hydrogens is 319 g/mol. The van der Waals surface area contributed by atoms with Gasteiger partial charge in [0.15, 0.2) is 0 Å². The van der Waals surface area contributed by atoms with Gasteiger partial charge in [0.1, 0.15) is 11.6 Å². The second kappa shape index (κ2) is 7.25. The second-order valence-electron chi connectivity index (χ2n) is 5.89. The second-order valence-corrected chi connectivity index (χ2v) is 5.89. The maximum absolute atomic E-state index is 13.0. The van der Waals surface area contributed by atoms with Gasteiger partial charge in [-0.15, -0.1) is 5.10 Å². The number of nitrogens with zero attached hydrogens (tertiary/aromatic N) is 3. The molecule has 25 heavy (non-hydrogen) atoms. The van der Waals surface area contributed by atoms with Gasteiger partial charge < -0.3 is 5.32 Å². The van der Waals surface area contributed by atoms with E-state index in [2.05, 4.69) is 15.4 Å². The fraction of sp³-hybridized carbons (Fsp3) is 0.211. The number of hydrogen-bond acceptors (Lipinski definition) is 3. The van der Waals surface area contributed by atoms with Crippen molar-refractivity contribution in [2.24, 2.45) is 0 Å². The van der Waals surface area contributed by atoms with Gasteiger partial charge in [-0.2, -0.15) is 0 Å². The summed E-state index contributed by atoms with van der Waals surface area (Å²) < 4.78 is 14.6. The first kappa shape index (κ1) is 16.8. The predicted octanol–water partition coefficient (Wildman–Crippen LogP) is 3.25. The highest BCUT2D eigenvalue weighted by molar-refractivity contribution is 5.90. The van der Waals surface area contributed by atoms with Crippen LogP contribution in [0.3, 0.4) is 0 Å². The van der Waals surface area contributed by atoms with Crippen molar-refractivity contribution in [1.29, 1.82) is 0 Å². The Morgan fingerprint density at radius 3 is 2.52 bits per heavy atom. The molecule has 0 aliphatic heterocycles. The van der Waals surface area contributed by atoms with Crippen molar-refractivity contribution < 1.29 is 9.18 Å².